The largest absolute Gasteiger partial charge is 0.385 e. The summed E-state index contributed by atoms with van der Waals surface area (Å²) in [6.07, 6.45) is 19.0. The topological polar surface area (TPSA) is 67.8 Å². The SMILES string of the molecule is CC12CC(C3CCC(NC4CCCCC4)CC3)C3=C4CCC5(CC4(O)CCC3C1CCC2=O)OCCO5. The highest BCUT2D eigenvalue weighted by Gasteiger charge is 2.61. The van der Waals surface area contributed by atoms with Crippen LogP contribution in [-0.2, 0) is 14.3 Å². The van der Waals surface area contributed by atoms with Gasteiger partial charge in [-0.3, -0.25) is 4.79 Å². The molecule has 6 aliphatic carbocycles. The van der Waals surface area contributed by atoms with E-state index in [0.717, 1.165) is 51.0 Å². The Morgan fingerprint density at radius 1 is 0.838 bits per heavy atom. The summed E-state index contributed by atoms with van der Waals surface area (Å²) >= 11 is 0. The van der Waals surface area contributed by atoms with Crippen molar-refractivity contribution in [2.24, 2.45) is 29.1 Å². The maximum atomic E-state index is 13.3. The number of carbonyl (C=O) groups is 1. The lowest BCUT2D eigenvalue weighted by Crippen LogP contribution is -2.54. The summed E-state index contributed by atoms with van der Waals surface area (Å²) in [6, 6.07) is 1.40. The van der Waals surface area contributed by atoms with E-state index in [-0.39, 0.29) is 5.41 Å². The van der Waals surface area contributed by atoms with E-state index in [2.05, 4.69) is 12.2 Å². The van der Waals surface area contributed by atoms with Crippen LogP contribution in [0, 0.1) is 29.1 Å². The second-order valence-corrected chi connectivity index (χ2v) is 14.3. The van der Waals surface area contributed by atoms with Crippen molar-refractivity contribution in [3.63, 3.8) is 0 Å². The second-order valence-electron chi connectivity index (χ2n) is 14.3. The molecule has 7 aliphatic rings. The zero-order valence-electron chi connectivity index (χ0n) is 23.1. The van der Waals surface area contributed by atoms with Crippen molar-refractivity contribution >= 4 is 5.78 Å². The van der Waals surface area contributed by atoms with E-state index in [1.165, 1.54) is 63.4 Å². The third-order valence-corrected chi connectivity index (χ3v) is 12.4. The molecule has 6 fully saturated rings. The van der Waals surface area contributed by atoms with E-state index in [9.17, 15) is 9.90 Å². The molecule has 5 saturated carbocycles. The first-order valence-corrected chi connectivity index (χ1v) is 15.9. The van der Waals surface area contributed by atoms with Crippen molar-refractivity contribution in [1.82, 2.24) is 5.32 Å². The molecular formula is C32H49NO4. The highest BCUT2D eigenvalue weighted by molar-refractivity contribution is 5.87. The Labute approximate surface area is 223 Å². The highest BCUT2D eigenvalue weighted by Crippen LogP contribution is 2.64. The quantitative estimate of drug-likeness (QED) is 0.466. The molecule has 5 nitrogen and oxygen atoms in total. The molecule has 1 aliphatic heterocycles. The first-order chi connectivity index (χ1) is 17.9. The van der Waals surface area contributed by atoms with Gasteiger partial charge in [0.2, 0.25) is 0 Å². The maximum absolute atomic E-state index is 13.3. The zero-order chi connectivity index (χ0) is 25.3. The van der Waals surface area contributed by atoms with Crippen molar-refractivity contribution in [3.05, 3.63) is 11.1 Å². The average Bonchev–Trinajstić information content (AvgIpc) is 3.47. The summed E-state index contributed by atoms with van der Waals surface area (Å²) in [6.45, 7) is 3.61. The number of hydrogen-bond donors (Lipinski definition) is 2. The number of aliphatic hydroxyl groups is 1. The van der Waals surface area contributed by atoms with Gasteiger partial charge in [-0.15, -0.1) is 0 Å². The molecule has 37 heavy (non-hydrogen) atoms. The first-order valence-electron chi connectivity index (χ1n) is 15.9. The van der Waals surface area contributed by atoms with Gasteiger partial charge in [0.05, 0.1) is 18.8 Å². The molecule has 1 heterocycles. The van der Waals surface area contributed by atoms with Crippen molar-refractivity contribution in [1.29, 1.82) is 0 Å². The van der Waals surface area contributed by atoms with Crippen molar-refractivity contribution in [3.8, 4) is 0 Å². The molecule has 0 radical (unpaired) electrons. The second kappa shape index (κ2) is 9.42. The predicted molar refractivity (Wildman–Crippen MR) is 143 cm³/mol. The van der Waals surface area contributed by atoms with Crippen LogP contribution < -0.4 is 5.32 Å². The molecule has 5 atom stereocenters. The molecule has 0 bridgehead atoms. The third-order valence-electron chi connectivity index (χ3n) is 12.4. The van der Waals surface area contributed by atoms with Crippen LogP contribution in [0.15, 0.2) is 11.1 Å². The molecular weight excluding hydrogens is 462 g/mol. The normalized spacial score (nSPS) is 46.1. The molecule has 2 N–H and O–H groups in total. The lowest BCUT2D eigenvalue weighted by Gasteiger charge is -2.56. The first kappa shape index (κ1) is 25.2. The molecule has 0 amide bonds. The number of Topliss-reactive ketones (excluding diaryl/α,β-unsaturated/α-hetero) is 1. The smallest absolute Gasteiger partial charge is 0.171 e. The van der Waals surface area contributed by atoms with E-state index < -0.39 is 11.4 Å². The van der Waals surface area contributed by atoms with Gasteiger partial charge in [-0.25, -0.2) is 0 Å². The minimum absolute atomic E-state index is 0.153. The van der Waals surface area contributed by atoms with Gasteiger partial charge in [-0.05, 0) is 99.9 Å². The molecule has 0 aromatic rings. The van der Waals surface area contributed by atoms with Crippen LogP contribution in [0.1, 0.15) is 116 Å². The minimum Gasteiger partial charge on any atom is -0.385 e. The number of ether oxygens (including phenoxy) is 2. The number of rotatable bonds is 3. The van der Waals surface area contributed by atoms with E-state index >= 15 is 0 Å². The highest BCUT2D eigenvalue weighted by atomic mass is 16.7. The number of ketones is 1. The summed E-state index contributed by atoms with van der Waals surface area (Å²) in [5.41, 5.74) is 2.02. The van der Waals surface area contributed by atoms with E-state index in [4.69, 9.17) is 9.47 Å². The Kier molecular flexibility index (Phi) is 6.43. The summed E-state index contributed by atoms with van der Waals surface area (Å²) in [5, 5.41) is 16.2. The lowest BCUT2D eigenvalue weighted by atomic mass is 9.50. The Morgan fingerprint density at radius 2 is 1.57 bits per heavy atom. The van der Waals surface area contributed by atoms with Gasteiger partial charge in [0.1, 0.15) is 5.78 Å². The molecule has 0 aromatic heterocycles. The zero-order valence-corrected chi connectivity index (χ0v) is 23.1. The number of allylic oxidation sites excluding steroid dienone is 1. The Bertz CT molecular complexity index is 925. The average molecular weight is 512 g/mol. The summed E-state index contributed by atoms with van der Waals surface area (Å²) < 4.78 is 12.2. The van der Waals surface area contributed by atoms with Crippen molar-refractivity contribution in [2.45, 2.75) is 140 Å². The molecule has 7 rings (SSSR count). The fourth-order valence-corrected chi connectivity index (χ4v) is 10.6. The van der Waals surface area contributed by atoms with Gasteiger partial charge in [0.25, 0.3) is 0 Å². The van der Waals surface area contributed by atoms with Gasteiger partial charge in [0.15, 0.2) is 5.79 Å². The fourth-order valence-electron chi connectivity index (χ4n) is 10.6. The molecule has 0 aromatic carbocycles. The van der Waals surface area contributed by atoms with Gasteiger partial charge in [0, 0.05) is 36.8 Å². The standard InChI is InChI=1S/C32H49NO4/c1-30-19-25(21-7-9-23(10-8-21)33-22-5-3-2-4-6-22)29-24(26(30)11-12-28(30)34)13-15-31(35)20-32(16-14-27(29)31)36-17-18-37-32/h21-26,33,35H,2-20H2,1H3. The van der Waals surface area contributed by atoms with Gasteiger partial charge >= 0.3 is 0 Å². The molecule has 5 unspecified atom stereocenters. The predicted octanol–water partition coefficient (Wildman–Crippen LogP) is 5.84. The van der Waals surface area contributed by atoms with Crippen LogP contribution >= 0.6 is 0 Å². The fraction of sp³-hybridized carbons (Fsp3) is 0.906. The van der Waals surface area contributed by atoms with Crippen LogP contribution in [0.2, 0.25) is 0 Å². The monoisotopic (exact) mass is 511 g/mol. The summed E-state index contributed by atoms with van der Waals surface area (Å²) in [5.74, 6) is 2.03. The minimum atomic E-state index is -0.789. The number of carbonyl (C=O) groups excluding carboxylic acids is 1. The molecule has 5 heteroatoms. The van der Waals surface area contributed by atoms with Crippen molar-refractivity contribution < 1.29 is 19.4 Å². The lowest BCUT2D eigenvalue weighted by molar-refractivity contribution is -0.208. The molecule has 1 spiro atoms. The number of fused-ring (bicyclic) bond motifs is 4. The van der Waals surface area contributed by atoms with E-state index in [1.807, 2.05) is 0 Å². The number of hydrogen-bond acceptors (Lipinski definition) is 5. The Hall–Kier alpha value is -0.750. The summed E-state index contributed by atoms with van der Waals surface area (Å²) in [4.78, 5) is 13.3. The van der Waals surface area contributed by atoms with E-state index in [1.54, 1.807) is 5.57 Å². The van der Waals surface area contributed by atoms with Gasteiger partial charge in [-0.1, -0.05) is 31.8 Å². The number of nitrogens with one attached hydrogen (secondary N) is 1. The Morgan fingerprint density at radius 3 is 2.32 bits per heavy atom. The summed E-state index contributed by atoms with van der Waals surface area (Å²) in [7, 11) is 0. The molecule has 206 valence electrons. The van der Waals surface area contributed by atoms with Crippen LogP contribution in [0.25, 0.3) is 0 Å². The maximum Gasteiger partial charge on any atom is 0.171 e. The van der Waals surface area contributed by atoms with Crippen LogP contribution in [-0.4, -0.2) is 47.6 Å². The Balaban J connectivity index is 1.16. The van der Waals surface area contributed by atoms with Crippen molar-refractivity contribution in [2.75, 3.05) is 13.2 Å². The van der Waals surface area contributed by atoms with E-state index in [0.29, 0.717) is 55.1 Å². The van der Waals surface area contributed by atoms with Gasteiger partial charge in [-0.2, -0.15) is 0 Å². The van der Waals surface area contributed by atoms with Gasteiger partial charge < -0.3 is 19.9 Å². The molecule has 1 saturated heterocycles. The van der Waals surface area contributed by atoms with Crippen LogP contribution in [0.3, 0.4) is 0 Å². The van der Waals surface area contributed by atoms with Crippen LogP contribution in [0.5, 0.6) is 0 Å². The van der Waals surface area contributed by atoms with Crippen LogP contribution in [0.4, 0.5) is 0 Å². The third kappa shape index (κ3) is 4.21.